The lowest BCUT2D eigenvalue weighted by atomic mass is 10.0. The van der Waals surface area contributed by atoms with Crippen LogP contribution in [0.5, 0.6) is 5.75 Å². The van der Waals surface area contributed by atoms with E-state index >= 15 is 0 Å². The van der Waals surface area contributed by atoms with Crippen LogP contribution in [0.25, 0.3) is 5.69 Å². The largest absolute Gasteiger partial charge is 0.497 e. The summed E-state index contributed by atoms with van der Waals surface area (Å²) in [4.78, 5) is 27.8. The highest BCUT2D eigenvalue weighted by molar-refractivity contribution is 5.97. The molecule has 2 aromatic carbocycles. The van der Waals surface area contributed by atoms with Crippen molar-refractivity contribution in [1.82, 2.24) is 20.0 Å². The number of rotatable bonds is 8. The van der Waals surface area contributed by atoms with E-state index in [0.29, 0.717) is 17.9 Å². The molecule has 0 unspecified atom stereocenters. The van der Waals surface area contributed by atoms with E-state index in [9.17, 15) is 9.59 Å². The second-order valence-corrected chi connectivity index (χ2v) is 8.51. The van der Waals surface area contributed by atoms with Crippen LogP contribution in [0.3, 0.4) is 0 Å². The van der Waals surface area contributed by atoms with Crippen LogP contribution in [0.2, 0.25) is 0 Å². The summed E-state index contributed by atoms with van der Waals surface area (Å²) in [6.45, 7) is 8.21. The van der Waals surface area contributed by atoms with Crippen LogP contribution >= 0.6 is 0 Å². The van der Waals surface area contributed by atoms with Crippen LogP contribution < -0.4 is 10.1 Å². The Morgan fingerprint density at radius 1 is 1.06 bits per heavy atom. The monoisotopic (exact) mass is 448 g/mol. The number of hydrogen-bond acceptors (Lipinski definition) is 4. The summed E-state index contributed by atoms with van der Waals surface area (Å²) >= 11 is 0. The maximum Gasteiger partial charge on any atom is 0.251 e. The van der Waals surface area contributed by atoms with Gasteiger partial charge in [-0.25, -0.2) is 4.68 Å². The van der Waals surface area contributed by atoms with E-state index in [2.05, 4.69) is 10.4 Å². The van der Waals surface area contributed by atoms with Crippen molar-refractivity contribution >= 4 is 11.8 Å². The van der Waals surface area contributed by atoms with Gasteiger partial charge < -0.3 is 15.0 Å². The van der Waals surface area contributed by atoms with Crippen LogP contribution in [0.4, 0.5) is 0 Å². The Morgan fingerprint density at radius 3 is 2.27 bits per heavy atom. The van der Waals surface area contributed by atoms with Crippen LogP contribution in [0.15, 0.2) is 54.6 Å². The fourth-order valence-electron chi connectivity index (χ4n) is 3.76. The van der Waals surface area contributed by atoms with Crippen molar-refractivity contribution in [2.45, 2.75) is 40.3 Å². The average molecular weight is 449 g/mol. The number of nitrogens with one attached hydrogen (secondary N) is 1. The molecule has 0 bridgehead atoms. The predicted molar refractivity (Wildman–Crippen MR) is 129 cm³/mol. The smallest absolute Gasteiger partial charge is 0.251 e. The Hall–Kier alpha value is -3.61. The number of methoxy groups -OCH3 is 1. The summed E-state index contributed by atoms with van der Waals surface area (Å²) in [5.74, 6) is 0.168. The first-order valence-electron chi connectivity index (χ1n) is 11.0. The minimum Gasteiger partial charge on any atom is -0.497 e. The van der Waals surface area contributed by atoms with E-state index in [-0.39, 0.29) is 17.7 Å². The Kier molecular flexibility index (Phi) is 7.53. The number of nitrogens with zero attached hydrogens (tertiary/aromatic N) is 3. The number of aryl methyl sites for hydroxylation is 1. The summed E-state index contributed by atoms with van der Waals surface area (Å²) in [7, 11) is 3.33. The van der Waals surface area contributed by atoms with Crippen molar-refractivity contribution in [2.24, 2.45) is 5.92 Å². The van der Waals surface area contributed by atoms with E-state index in [1.54, 1.807) is 43.3 Å². The summed E-state index contributed by atoms with van der Waals surface area (Å²) in [5.41, 5.74) is 4.32. The van der Waals surface area contributed by atoms with E-state index in [1.165, 1.54) is 0 Å². The quantitative estimate of drug-likeness (QED) is 0.567. The lowest BCUT2D eigenvalue weighted by molar-refractivity contribution is -0.133. The number of para-hydroxylation sites is 1. The molecule has 0 fully saturated rings. The van der Waals surface area contributed by atoms with Crippen LogP contribution in [-0.4, -0.2) is 46.7 Å². The molecule has 0 radical (unpaired) electrons. The summed E-state index contributed by atoms with van der Waals surface area (Å²) in [6, 6.07) is 16.1. The molecule has 1 N–H and O–H groups in total. The maximum atomic E-state index is 13.3. The molecule has 3 rings (SSSR count). The van der Waals surface area contributed by atoms with Gasteiger partial charge >= 0.3 is 0 Å². The number of aromatic nitrogens is 2. The summed E-state index contributed by atoms with van der Waals surface area (Å²) < 4.78 is 7.04. The Labute approximate surface area is 195 Å². The summed E-state index contributed by atoms with van der Waals surface area (Å²) in [5, 5.41) is 7.58. The van der Waals surface area contributed by atoms with Gasteiger partial charge in [-0.1, -0.05) is 32.0 Å². The van der Waals surface area contributed by atoms with Gasteiger partial charge in [-0.05, 0) is 56.2 Å². The van der Waals surface area contributed by atoms with Gasteiger partial charge in [0.05, 0.1) is 18.5 Å². The molecule has 0 aliphatic carbocycles. The van der Waals surface area contributed by atoms with Gasteiger partial charge in [-0.2, -0.15) is 5.10 Å². The Balaban J connectivity index is 1.75. The van der Waals surface area contributed by atoms with Gasteiger partial charge in [0.1, 0.15) is 11.8 Å². The Bertz CT molecular complexity index is 1100. The minimum atomic E-state index is -0.644. The standard InChI is InChI=1S/C26H32N4O3/c1-17(2)24(27-25(31)20-12-14-22(33-6)15-13-20)26(32)29(5)16-23-18(3)28-30(19(23)4)21-10-8-7-9-11-21/h7-15,17,24H,16H2,1-6H3,(H,27,31)/t24-/m1/s1. The molecule has 7 heteroatoms. The highest BCUT2D eigenvalue weighted by Gasteiger charge is 2.28. The van der Waals surface area contributed by atoms with Gasteiger partial charge in [0, 0.05) is 30.4 Å². The number of carbonyl (C=O) groups excluding carboxylic acids is 2. The van der Waals surface area contributed by atoms with Crippen molar-refractivity contribution in [3.63, 3.8) is 0 Å². The highest BCUT2D eigenvalue weighted by Crippen LogP contribution is 2.20. The third-order valence-corrected chi connectivity index (χ3v) is 5.78. The molecule has 0 saturated carbocycles. The maximum absolute atomic E-state index is 13.3. The van der Waals surface area contributed by atoms with Crippen LogP contribution in [0, 0.1) is 19.8 Å². The first kappa shape index (κ1) is 24.0. The Morgan fingerprint density at radius 2 is 1.70 bits per heavy atom. The molecule has 2 amide bonds. The van der Waals surface area contributed by atoms with Crippen LogP contribution in [-0.2, 0) is 11.3 Å². The summed E-state index contributed by atoms with van der Waals surface area (Å²) in [6.07, 6.45) is 0. The van der Waals surface area contributed by atoms with Gasteiger partial charge in [0.2, 0.25) is 5.91 Å². The lowest BCUT2D eigenvalue weighted by Gasteiger charge is -2.27. The third kappa shape index (κ3) is 5.42. The number of ether oxygens (including phenoxy) is 1. The second kappa shape index (κ2) is 10.3. The molecule has 0 aliphatic rings. The van der Waals surface area contributed by atoms with Crippen molar-refractivity contribution in [3.05, 3.63) is 77.1 Å². The zero-order valence-electron chi connectivity index (χ0n) is 20.1. The zero-order valence-corrected chi connectivity index (χ0v) is 20.1. The fourth-order valence-corrected chi connectivity index (χ4v) is 3.76. The van der Waals surface area contributed by atoms with Gasteiger partial charge in [0.25, 0.3) is 5.91 Å². The van der Waals surface area contributed by atoms with E-state index < -0.39 is 6.04 Å². The molecule has 3 aromatic rings. The molecule has 1 atom stereocenters. The number of benzene rings is 2. The van der Waals surface area contributed by atoms with Crippen molar-refractivity contribution in [3.8, 4) is 11.4 Å². The van der Waals surface area contributed by atoms with Gasteiger partial charge in [0.15, 0.2) is 0 Å². The number of hydrogen-bond donors (Lipinski definition) is 1. The van der Waals surface area contributed by atoms with Crippen LogP contribution in [0.1, 0.15) is 41.2 Å². The highest BCUT2D eigenvalue weighted by atomic mass is 16.5. The van der Waals surface area contributed by atoms with Crippen molar-refractivity contribution < 1.29 is 14.3 Å². The second-order valence-electron chi connectivity index (χ2n) is 8.51. The van der Waals surface area contributed by atoms with Gasteiger partial charge in [-0.3, -0.25) is 9.59 Å². The molecular weight excluding hydrogens is 416 g/mol. The number of amides is 2. The topological polar surface area (TPSA) is 76.5 Å². The molecule has 174 valence electrons. The molecule has 7 nitrogen and oxygen atoms in total. The molecule has 0 spiro atoms. The third-order valence-electron chi connectivity index (χ3n) is 5.78. The molecule has 0 aliphatic heterocycles. The zero-order chi connectivity index (χ0) is 24.1. The lowest BCUT2D eigenvalue weighted by Crippen LogP contribution is -2.50. The predicted octanol–water partition coefficient (Wildman–Crippen LogP) is 3.91. The normalized spacial score (nSPS) is 11.8. The number of likely N-dealkylation sites (N-methyl/N-ethyl adjacent to an activating group) is 1. The van der Waals surface area contributed by atoms with E-state index in [1.807, 2.05) is 62.7 Å². The van der Waals surface area contributed by atoms with E-state index in [0.717, 1.165) is 22.6 Å². The molecule has 1 heterocycles. The molecule has 33 heavy (non-hydrogen) atoms. The average Bonchev–Trinajstić information content (AvgIpc) is 3.10. The first-order chi connectivity index (χ1) is 15.7. The number of carbonyl (C=O) groups is 2. The van der Waals surface area contributed by atoms with E-state index in [4.69, 9.17) is 4.74 Å². The van der Waals surface area contributed by atoms with Gasteiger partial charge in [-0.15, -0.1) is 0 Å². The molecular formula is C26H32N4O3. The first-order valence-corrected chi connectivity index (χ1v) is 11.0. The SMILES string of the molecule is COc1ccc(C(=O)N[C@@H](C(=O)N(C)Cc2c(C)nn(-c3ccccc3)c2C)C(C)C)cc1. The molecule has 0 saturated heterocycles. The molecule has 1 aromatic heterocycles. The van der Waals surface area contributed by atoms with Crippen molar-refractivity contribution in [1.29, 1.82) is 0 Å². The fraction of sp³-hybridized carbons (Fsp3) is 0.346. The van der Waals surface area contributed by atoms with Crippen molar-refractivity contribution in [2.75, 3.05) is 14.2 Å². The minimum absolute atomic E-state index is 0.0728.